The maximum Gasteiger partial charge on any atom is 0.224 e. The Morgan fingerprint density at radius 1 is 1.07 bits per heavy atom. The number of pyridine rings is 2. The quantitative estimate of drug-likeness (QED) is 0.279. The predicted octanol–water partition coefficient (Wildman–Crippen LogP) is 4.53. The van der Waals surface area contributed by atoms with Gasteiger partial charge in [0, 0.05) is 56.0 Å². The van der Waals surface area contributed by atoms with Crippen molar-refractivity contribution < 1.29 is 31.1 Å². The van der Waals surface area contributed by atoms with Crippen molar-refractivity contribution in [2.45, 2.75) is 30.7 Å². The molecule has 4 aromatic heterocycles. The van der Waals surface area contributed by atoms with Gasteiger partial charge in [0.15, 0.2) is 9.84 Å². The molecule has 1 aliphatic heterocycles. The second kappa shape index (κ2) is 10.3. The lowest BCUT2D eigenvalue weighted by Crippen LogP contribution is -2.29. The van der Waals surface area contributed by atoms with Gasteiger partial charge in [-0.1, -0.05) is 5.21 Å². The molecule has 42 heavy (non-hydrogen) atoms. The second-order valence-corrected chi connectivity index (χ2v) is 12.4. The monoisotopic (exact) mass is 600 g/mol. The third kappa shape index (κ3) is 4.49. The summed E-state index contributed by atoms with van der Waals surface area (Å²) in [6.45, 7) is 2.44. The van der Waals surface area contributed by atoms with Crippen LogP contribution < -0.4 is 4.74 Å². The van der Waals surface area contributed by atoms with Crippen molar-refractivity contribution in [2.75, 3.05) is 26.6 Å². The molecule has 1 aromatic carbocycles. The summed E-state index contributed by atoms with van der Waals surface area (Å²) in [4.78, 5) is 8.78. The van der Waals surface area contributed by atoms with Crippen LogP contribution in [0.2, 0.25) is 0 Å². The first-order valence-corrected chi connectivity index (χ1v) is 15.1. The zero-order valence-corrected chi connectivity index (χ0v) is 24.0. The molecule has 1 aliphatic rings. The van der Waals surface area contributed by atoms with Gasteiger partial charge in [-0.05, 0) is 31.7 Å². The van der Waals surface area contributed by atoms with E-state index in [4.69, 9.17) is 14.5 Å². The van der Waals surface area contributed by atoms with Gasteiger partial charge in [0.25, 0.3) is 0 Å². The molecule has 0 radical (unpaired) electrons. The Balaban J connectivity index is 1.83. The van der Waals surface area contributed by atoms with E-state index >= 15 is 8.78 Å². The summed E-state index contributed by atoms with van der Waals surface area (Å²) < 4.78 is 86.1. The molecule has 0 bridgehead atoms. The third-order valence-electron chi connectivity index (χ3n) is 7.78. The minimum Gasteiger partial charge on any atom is -0.480 e. The Morgan fingerprint density at radius 2 is 1.76 bits per heavy atom. The number of rotatable bonds is 6. The number of fused-ring (bicyclic) bond motifs is 3. The van der Waals surface area contributed by atoms with Gasteiger partial charge in [0.05, 0.1) is 47.2 Å². The summed E-state index contributed by atoms with van der Waals surface area (Å²) in [5, 5.41) is 8.46. The highest BCUT2D eigenvalue weighted by molar-refractivity contribution is 7.91. The summed E-state index contributed by atoms with van der Waals surface area (Å²) >= 11 is 0. The van der Waals surface area contributed by atoms with Crippen molar-refractivity contribution in [3.8, 4) is 17.1 Å². The number of aromatic nitrogens is 6. The minimum absolute atomic E-state index is 0.0885. The molecule has 10 nitrogen and oxygen atoms in total. The van der Waals surface area contributed by atoms with E-state index in [-0.39, 0.29) is 27.2 Å². The standard InChI is InChI=1S/C28H27F3N6O4S/c1-14-25(36(2)35-34-14)16-9-20-24(32-12-16)23-27(21(42(4,38)39)13-33-28(23)40-3)37(20)26(15-5-7-41-8-6-15)22-18(30)10-17(29)11-19(22)31/h9-13,15,26H,5-8H2,1-4H3. The number of aryl methyl sites for hydroxylation is 2. The van der Waals surface area contributed by atoms with Crippen LogP contribution in [0.25, 0.3) is 33.2 Å². The molecule has 5 aromatic rings. The van der Waals surface area contributed by atoms with E-state index in [1.165, 1.54) is 13.3 Å². The molecule has 1 unspecified atom stereocenters. The Bertz CT molecular complexity index is 1930. The normalized spacial score (nSPS) is 15.5. The van der Waals surface area contributed by atoms with E-state index in [1.54, 1.807) is 35.5 Å². The van der Waals surface area contributed by atoms with Crippen LogP contribution >= 0.6 is 0 Å². The number of hydrogen-bond acceptors (Lipinski definition) is 8. The smallest absolute Gasteiger partial charge is 0.224 e. The number of halogens is 3. The molecule has 0 saturated carbocycles. The maximum absolute atomic E-state index is 15.7. The van der Waals surface area contributed by atoms with Crippen LogP contribution in [0.5, 0.6) is 5.88 Å². The predicted molar refractivity (Wildman–Crippen MR) is 147 cm³/mol. The van der Waals surface area contributed by atoms with Gasteiger partial charge in [-0.2, -0.15) is 0 Å². The van der Waals surface area contributed by atoms with E-state index in [1.807, 2.05) is 0 Å². The summed E-state index contributed by atoms with van der Waals surface area (Å²) in [7, 11) is -0.819. The van der Waals surface area contributed by atoms with Gasteiger partial charge in [-0.25, -0.2) is 31.3 Å². The van der Waals surface area contributed by atoms with E-state index in [0.29, 0.717) is 66.2 Å². The highest BCUT2D eigenvalue weighted by Gasteiger charge is 2.36. The Hall–Kier alpha value is -4.04. The van der Waals surface area contributed by atoms with Crippen LogP contribution in [0.3, 0.4) is 0 Å². The summed E-state index contributed by atoms with van der Waals surface area (Å²) in [5.74, 6) is -3.56. The Kier molecular flexibility index (Phi) is 6.92. The van der Waals surface area contributed by atoms with Crippen molar-refractivity contribution in [3.63, 3.8) is 0 Å². The van der Waals surface area contributed by atoms with Crippen molar-refractivity contribution in [1.29, 1.82) is 0 Å². The fourth-order valence-electron chi connectivity index (χ4n) is 6.01. The average molecular weight is 601 g/mol. The van der Waals surface area contributed by atoms with E-state index < -0.39 is 39.2 Å². The van der Waals surface area contributed by atoms with Crippen LogP contribution in [0.1, 0.15) is 30.1 Å². The lowest BCUT2D eigenvalue weighted by molar-refractivity contribution is 0.0543. The number of ether oxygens (including phenoxy) is 2. The molecule has 1 atom stereocenters. The molecule has 1 saturated heterocycles. The summed E-state index contributed by atoms with van der Waals surface area (Å²) in [6.07, 6.45) is 4.62. The largest absolute Gasteiger partial charge is 0.480 e. The van der Waals surface area contributed by atoms with Gasteiger partial charge in [-0.3, -0.25) is 4.98 Å². The molecule has 14 heteroatoms. The molecule has 0 N–H and O–H groups in total. The van der Waals surface area contributed by atoms with E-state index in [2.05, 4.69) is 15.3 Å². The lowest BCUT2D eigenvalue weighted by Gasteiger charge is -2.33. The zero-order valence-electron chi connectivity index (χ0n) is 23.2. The number of hydrogen-bond donors (Lipinski definition) is 0. The molecule has 220 valence electrons. The van der Waals surface area contributed by atoms with Crippen LogP contribution in [-0.2, 0) is 21.6 Å². The van der Waals surface area contributed by atoms with Crippen LogP contribution in [0.15, 0.2) is 35.5 Å². The van der Waals surface area contributed by atoms with E-state index in [0.717, 1.165) is 6.26 Å². The molecule has 1 fully saturated rings. The number of benzene rings is 1. The number of methoxy groups -OCH3 is 1. The van der Waals surface area contributed by atoms with Crippen LogP contribution in [0.4, 0.5) is 13.2 Å². The van der Waals surface area contributed by atoms with Crippen LogP contribution in [0, 0.1) is 30.3 Å². The van der Waals surface area contributed by atoms with Gasteiger partial charge < -0.3 is 14.0 Å². The van der Waals surface area contributed by atoms with Crippen LogP contribution in [-0.4, -0.2) is 64.5 Å². The van der Waals surface area contributed by atoms with Gasteiger partial charge in [0.2, 0.25) is 5.88 Å². The second-order valence-electron chi connectivity index (χ2n) is 10.4. The highest BCUT2D eigenvalue weighted by atomic mass is 32.2. The topological polar surface area (TPSA) is 114 Å². The minimum atomic E-state index is -3.93. The SMILES string of the molecule is COc1ncc(S(C)(=O)=O)c2c1c1ncc(-c3c(C)nnn3C)cc1n2C(c1c(F)cc(F)cc1F)C1CCOCC1. The molecule has 5 heterocycles. The zero-order chi connectivity index (χ0) is 29.9. The van der Waals surface area contributed by atoms with Crippen molar-refractivity contribution >= 4 is 31.8 Å². The third-order valence-corrected chi connectivity index (χ3v) is 8.88. The Labute approximate surface area is 239 Å². The first-order valence-electron chi connectivity index (χ1n) is 13.2. The average Bonchev–Trinajstić information content (AvgIpc) is 3.45. The molecular weight excluding hydrogens is 573 g/mol. The van der Waals surface area contributed by atoms with Crippen molar-refractivity contribution in [2.24, 2.45) is 13.0 Å². The first kappa shape index (κ1) is 28.1. The fourth-order valence-corrected chi connectivity index (χ4v) is 6.81. The highest BCUT2D eigenvalue weighted by Crippen LogP contribution is 2.46. The molecule has 6 rings (SSSR count). The number of nitrogens with zero attached hydrogens (tertiary/aromatic N) is 6. The van der Waals surface area contributed by atoms with Gasteiger partial charge in [0.1, 0.15) is 27.9 Å². The van der Waals surface area contributed by atoms with E-state index in [9.17, 15) is 12.8 Å². The molecule has 0 aliphatic carbocycles. The lowest BCUT2D eigenvalue weighted by atomic mass is 9.86. The summed E-state index contributed by atoms with van der Waals surface area (Å²) in [6, 6.07) is 1.91. The summed E-state index contributed by atoms with van der Waals surface area (Å²) in [5.41, 5.74) is 2.29. The molecule has 0 spiro atoms. The van der Waals surface area contributed by atoms with Gasteiger partial charge in [-0.15, -0.1) is 5.10 Å². The molecular formula is C28H27F3N6O4S. The maximum atomic E-state index is 15.7. The van der Waals surface area contributed by atoms with Crippen molar-refractivity contribution in [3.05, 3.63) is 59.3 Å². The van der Waals surface area contributed by atoms with Gasteiger partial charge >= 0.3 is 0 Å². The first-order chi connectivity index (χ1) is 20.0. The number of sulfone groups is 1. The van der Waals surface area contributed by atoms with Crippen molar-refractivity contribution in [1.82, 2.24) is 29.5 Å². The molecule has 0 amide bonds. The fraction of sp³-hybridized carbons (Fsp3) is 0.357. The Morgan fingerprint density at radius 3 is 2.36 bits per heavy atom.